The number of nitrogens with one attached hydrogen (secondary N) is 3. The van der Waals surface area contributed by atoms with Gasteiger partial charge in [0.05, 0.1) is 18.4 Å². The van der Waals surface area contributed by atoms with Gasteiger partial charge in [-0.2, -0.15) is 0 Å². The van der Waals surface area contributed by atoms with Gasteiger partial charge in [-0.25, -0.2) is 0 Å². The van der Waals surface area contributed by atoms with Gasteiger partial charge in [-0.1, -0.05) is 36.4 Å². The van der Waals surface area contributed by atoms with Gasteiger partial charge in [-0.15, -0.1) is 11.8 Å². The Hall–Kier alpha value is -5.94. The Labute approximate surface area is 281 Å². The zero-order valence-corrected chi connectivity index (χ0v) is 26.7. The molecule has 4 aromatic carbocycles. The highest BCUT2D eigenvalue weighted by Gasteiger charge is 2.18. The molecule has 0 spiro atoms. The van der Waals surface area contributed by atoms with E-state index in [1.54, 1.807) is 61.7 Å². The van der Waals surface area contributed by atoms with Crippen molar-refractivity contribution < 1.29 is 33.0 Å². The summed E-state index contributed by atoms with van der Waals surface area (Å²) in [5, 5.41) is 8.46. The molecule has 5 aromatic rings. The minimum atomic E-state index is -0.544. The van der Waals surface area contributed by atoms with Crippen LogP contribution in [-0.2, 0) is 16.1 Å². The number of anilines is 1. The van der Waals surface area contributed by atoms with E-state index in [0.717, 1.165) is 16.0 Å². The van der Waals surface area contributed by atoms with Crippen molar-refractivity contribution in [1.82, 2.24) is 10.6 Å². The monoisotopic (exact) mass is 661 g/mol. The van der Waals surface area contributed by atoms with Crippen LogP contribution >= 0.6 is 11.8 Å². The minimum absolute atomic E-state index is 0.0117. The molecule has 10 nitrogen and oxygen atoms in total. The van der Waals surface area contributed by atoms with Crippen LogP contribution in [0.25, 0.3) is 17.4 Å². The Bertz CT molecular complexity index is 1960. The summed E-state index contributed by atoms with van der Waals surface area (Å²) in [7, 11) is 1.58. The van der Waals surface area contributed by atoms with Gasteiger partial charge in [0.2, 0.25) is 12.7 Å². The number of carbonyl (C=O) groups is 3. The third-order valence-corrected chi connectivity index (χ3v) is 8.24. The molecule has 242 valence electrons. The molecule has 11 heteroatoms. The fourth-order valence-corrected chi connectivity index (χ4v) is 5.52. The number of carbonyl (C=O) groups excluding carboxylic acids is 3. The first kappa shape index (κ1) is 32.0. The number of fused-ring (bicyclic) bond motifs is 1. The highest BCUT2D eigenvalue weighted by atomic mass is 32.2. The lowest BCUT2D eigenvalue weighted by Gasteiger charge is -2.11. The average molecular weight is 662 g/mol. The molecular weight excluding hydrogens is 630 g/mol. The van der Waals surface area contributed by atoms with Crippen molar-refractivity contribution in [3.63, 3.8) is 0 Å². The van der Waals surface area contributed by atoms with Crippen LogP contribution in [0.4, 0.5) is 5.69 Å². The summed E-state index contributed by atoms with van der Waals surface area (Å²) in [6.45, 7) is 0.571. The largest absolute Gasteiger partial charge is 0.496 e. The summed E-state index contributed by atoms with van der Waals surface area (Å²) in [6, 6.07) is 32.2. The molecule has 0 radical (unpaired) electrons. The van der Waals surface area contributed by atoms with Crippen LogP contribution in [-0.4, -0.2) is 37.4 Å². The standard InChI is InChI=1S/C37H31N3O7S/c1-44-31-10-6-5-9-29(31)32-18-14-27(47-32)20-30(40-36(42)25-7-3-2-4-8-25)37(43)39-26-12-15-28(16-13-26)48-22-35(41)38-21-24-11-17-33-34(19-24)46-23-45-33/h2-20H,21-23H2,1H3,(H,38,41)(H,39,43)(H,40,42)/b30-20+. The van der Waals surface area contributed by atoms with Crippen molar-refractivity contribution in [3.8, 4) is 28.6 Å². The number of furan rings is 1. The van der Waals surface area contributed by atoms with Gasteiger partial charge in [0.25, 0.3) is 11.8 Å². The molecule has 1 aliphatic rings. The summed E-state index contributed by atoms with van der Waals surface area (Å²) >= 11 is 1.37. The number of para-hydroxylation sites is 1. The fourth-order valence-electron chi connectivity index (χ4n) is 4.79. The first-order chi connectivity index (χ1) is 23.4. The Kier molecular flexibility index (Phi) is 10.1. The Morgan fingerprint density at radius 1 is 0.854 bits per heavy atom. The maximum absolute atomic E-state index is 13.5. The Balaban J connectivity index is 1.09. The van der Waals surface area contributed by atoms with E-state index < -0.39 is 11.8 Å². The summed E-state index contributed by atoms with van der Waals surface area (Å²) in [6.07, 6.45) is 1.47. The number of rotatable bonds is 12. The Morgan fingerprint density at radius 3 is 2.44 bits per heavy atom. The van der Waals surface area contributed by atoms with Crippen molar-refractivity contribution in [3.05, 3.63) is 132 Å². The molecule has 3 N–H and O–H groups in total. The minimum Gasteiger partial charge on any atom is -0.496 e. The van der Waals surface area contributed by atoms with Crippen LogP contribution in [0.1, 0.15) is 21.7 Å². The summed E-state index contributed by atoms with van der Waals surface area (Å²) in [4.78, 5) is 39.8. The van der Waals surface area contributed by atoms with E-state index in [1.165, 1.54) is 17.8 Å². The number of benzene rings is 4. The van der Waals surface area contributed by atoms with Crippen LogP contribution in [0.5, 0.6) is 17.2 Å². The van der Waals surface area contributed by atoms with E-state index in [2.05, 4.69) is 16.0 Å². The van der Waals surface area contributed by atoms with E-state index in [1.807, 2.05) is 54.6 Å². The molecule has 0 fully saturated rings. The van der Waals surface area contributed by atoms with Crippen LogP contribution in [0.3, 0.4) is 0 Å². The topological polar surface area (TPSA) is 128 Å². The lowest BCUT2D eigenvalue weighted by Crippen LogP contribution is -2.30. The fraction of sp³-hybridized carbons (Fsp3) is 0.108. The van der Waals surface area contributed by atoms with Crippen molar-refractivity contribution >= 4 is 41.2 Å². The number of ether oxygens (including phenoxy) is 3. The van der Waals surface area contributed by atoms with Crippen LogP contribution in [0, 0.1) is 0 Å². The number of amides is 3. The predicted molar refractivity (Wildman–Crippen MR) is 183 cm³/mol. The summed E-state index contributed by atoms with van der Waals surface area (Å²) in [5.41, 5.74) is 2.55. The number of hydrogen-bond donors (Lipinski definition) is 3. The maximum atomic E-state index is 13.5. The first-order valence-corrected chi connectivity index (χ1v) is 15.9. The lowest BCUT2D eigenvalue weighted by atomic mass is 10.1. The van der Waals surface area contributed by atoms with Gasteiger partial charge in [-0.05, 0) is 78.4 Å². The molecule has 48 heavy (non-hydrogen) atoms. The Morgan fingerprint density at radius 2 is 1.62 bits per heavy atom. The van der Waals surface area contributed by atoms with Gasteiger partial charge in [-0.3, -0.25) is 14.4 Å². The zero-order valence-electron chi connectivity index (χ0n) is 25.9. The third kappa shape index (κ3) is 8.06. The smallest absolute Gasteiger partial charge is 0.272 e. The summed E-state index contributed by atoms with van der Waals surface area (Å²) in [5.74, 6) is 2.01. The first-order valence-electron chi connectivity index (χ1n) is 15.0. The molecular formula is C37H31N3O7S. The van der Waals surface area contributed by atoms with Crippen molar-refractivity contribution in [2.24, 2.45) is 0 Å². The SMILES string of the molecule is COc1ccccc1-c1ccc(/C=C(/NC(=O)c2ccccc2)C(=O)Nc2ccc(SCC(=O)NCc3ccc4c(c3)OCO4)cc2)o1. The highest BCUT2D eigenvalue weighted by Crippen LogP contribution is 2.33. The second kappa shape index (κ2) is 15.1. The van der Waals surface area contributed by atoms with Crippen molar-refractivity contribution in [2.75, 3.05) is 25.0 Å². The van der Waals surface area contributed by atoms with Gasteiger partial charge < -0.3 is 34.6 Å². The lowest BCUT2D eigenvalue weighted by molar-refractivity contribution is -0.118. The van der Waals surface area contributed by atoms with Gasteiger partial charge in [0, 0.05) is 28.8 Å². The van der Waals surface area contributed by atoms with Crippen LogP contribution in [0.2, 0.25) is 0 Å². The molecule has 3 amide bonds. The average Bonchev–Trinajstić information content (AvgIpc) is 3.80. The van der Waals surface area contributed by atoms with Gasteiger partial charge in [0.15, 0.2) is 11.5 Å². The molecule has 0 unspecified atom stereocenters. The number of methoxy groups -OCH3 is 1. The highest BCUT2D eigenvalue weighted by molar-refractivity contribution is 8.00. The molecule has 0 bridgehead atoms. The maximum Gasteiger partial charge on any atom is 0.272 e. The predicted octanol–water partition coefficient (Wildman–Crippen LogP) is 6.50. The van der Waals surface area contributed by atoms with E-state index in [0.29, 0.717) is 46.6 Å². The zero-order chi connectivity index (χ0) is 33.3. The van der Waals surface area contributed by atoms with Gasteiger partial charge >= 0.3 is 0 Å². The van der Waals surface area contributed by atoms with E-state index >= 15 is 0 Å². The number of hydrogen-bond acceptors (Lipinski definition) is 8. The molecule has 6 rings (SSSR count). The van der Waals surface area contributed by atoms with Crippen molar-refractivity contribution in [1.29, 1.82) is 0 Å². The van der Waals surface area contributed by atoms with E-state index in [-0.39, 0.29) is 24.2 Å². The van der Waals surface area contributed by atoms with Crippen LogP contribution < -0.4 is 30.2 Å². The normalized spacial score (nSPS) is 11.9. The molecule has 2 heterocycles. The molecule has 0 atom stereocenters. The second-order valence-electron chi connectivity index (χ2n) is 10.5. The third-order valence-electron chi connectivity index (χ3n) is 7.22. The molecule has 0 aliphatic carbocycles. The van der Waals surface area contributed by atoms with Gasteiger partial charge in [0.1, 0.15) is 23.0 Å². The van der Waals surface area contributed by atoms with Crippen molar-refractivity contribution in [2.45, 2.75) is 11.4 Å². The molecule has 0 saturated heterocycles. The summed E-state index contributed by atoms with van der Waals surface area (Å²) < 4.78 is 22.2. The number of thioether (sulfide) groups is 1. The molecule has 0 saturated carbocycles. The quantitative estimate of drug-likeness (QED) is 0.102. The van der Waals surface area contributed by atoms with E-state index in [4.69, 9.17) is 18.6 Å². The van der Waals surface area contributed by atoms with E-state index in [9.17, 15) is 14.4 Å². The second-order valence-corrected chi connectivity index (χ2v) is 11.6. The molecule has 1 aromatic heterocycles. The van der Waals surface area contributed by atoms with Crippen LogP contribution in [0.15, 0.2) is 124 Å². The molecule has 1 aliphatic heterocycles.